The first-order chi connectivity index (χ1) is 9.65. The van der Waals surface area contributed by atoms with Crippen molar-refractivity contribution < 1.29 is 9.13 Å². The highest BCUT2D eigenvalue weighted by Gasteiger charge is 2.16. The lowest BCUT2D eigenvalue weighted by atomic mass is 10.1. The van der Waals surface area contributed by atoms with E-state index in [0.29, 0.717) is 11.3 Å². The van der Waals surface area contributed by atoms with Gasteiger partial charge in [0.05, 0.1) is 0 Å². The van der Waals surface area contributed by atoms with Gasteiger partial charge >= 0.3 is 0 Å². The van der Waals surface area contributed by atoms with E-state index in [9.17, 15) is 4.39 Å². The molecule has 0 radical (unpaired) electrons. The summed E-state index contributed by atoms with van der Waals surface area (Å²) in [5.41, 5.74) is 9.25. The van der Waals surface area contributed by atoms with Crippen molar-refractivity contribution in [2.24, 2.45) is 5.73 Å². The molecule has 0 amide bonds. The fourth-order valence-electron chi connectivity index (χ4n) is 2.72. The maximum Gasteiger partial charge on any atom is 0.167 e. The molecule has 1 aliphatic rings. The molecule has 0 fully saturated rings. The number of fused-ring (bicyclic) bond motifs is 1. The Labute approximate surface area is 118 Å². The van der Waals surface area contributed by atoms with E-state index in [1.165, 1.54) is 23.6 Å². The molecule has 2 N–H and O–H groups in total. The van der Waals surface area contributed by atoms with Crippen molar-refractivity contribution >= 4 is 0 Å². The van der Waals surface area contributed by atoms with Crippen LogP contribution in [0.2, 0.25) is 0 Å². The largest absolute Gasteiger partial charge is 0.454 e. The van der Waals surface area contributed by atoms with Gasteiger partial charge in [-0.15, -0.1) is 0 Å². The molecule has 3 heteroatoms. The number of hydrogen-bond donors (Lipinski definition) is 1. The van der Waals surface area contributed by atoms with Gasteiger partial charge in [-0.25, -0.2) is 4.39 Å². The van der Waals surface area contributed by atoms with E-state index in [-0.39, 0.29) is 17.6 Å². The molecule has 0 aromatic heterocycles. The summed E-state index contributed by atoms with van der Waals surface area (Å²) in [6.07, 6.45) is 3.38. The molecule has 1 aliphatic carbocycles. The molecule has 0 spiro atoms. The molecule has 2 aromatic rings. The molecule has 0 saturated carbocycles. The molecule has 2 aromatic carbocycles. The zero-order chi connectivity index (χ0) is 14.1. The van der Waals surface area contributed by atoms with Crippen molar-refractivity contribution in [2.75, 3.05) is 0 Å². The lowest BCUT2D eigenvalue weighted by Gasteiger charge is -2.15. The van der Waals surface area contributed by atoms with Crippen molar-refractivity contribution in [2.45, 2.75) is 32.2 Å². The fourth-order valence-corrected chi connectivity index (χ4v) is 2.72. The third-order valence-corrected chi connectivity index (χ3v) is 3.78. The summed E-state index contributed by atoms with van der Waals surface area (Å²) >= 11 is 0. The molecule has 3 rings (SSSR count). The van der Waals surface area contributed by atoms with E-state index in [1.807, 2.05) is 19.1 Å². The van der Waals surface area contributed by atoms with Crippen LogP contribution < -0.4 is 10.5 Å². The minimum atomic E-state index is -0.375. The number of rotatable bonds is 3. The van der Waals surface area contributed by atoms with Crippen molar-refractivity contribution in [3.8, 4) is 11.5 Å². The molecule has 1 unspecified atom stereocenters. The van der Waals surface area contributed by atoms with E-state index in [1.54, 1.807) is 12.1 Å². The van der Waals surface area contributed by atoms with Gasteiger partial charge in [-0.2, -0.15) is 0 Å². The third kappa shape index (κ3) is 2.41. The summed E-state index contributed by atoms with van der Waals surface area (Å²) < 4.78 is 19.8. The van der Waals surface area contributed by atoms with Crippen LogP contribution in [0, 0.1) is 5.82 Å². The van der Waals surface area contributed by atoms with Crippen LogP contribution in [-0.4, -0.2) is 0 Å². The van der Waals surface area contributed by atoms with E-state index in [2.05, 4.69) is 6.07 Å². The van der Waals surface area contributed by atoms with Crippen LogP contribution in [0.4, 0.5) is 4.39 Å². The summed E-state index contributed by atoms with van der Waals surface area (Å²) in [6.45, 7) is 1.82. The lowest BCUT2D eigenvalue weighted by molar-refractivity contribution is 0.432. The van der Waals surface area contributed by atoms with E-state index < -0.39 is 0 Å². The van der Waals surface area contributed by atoms with Gasteiger partial charge in [-0.1, -0.05) is 18.2 Å². The number of ether oxygens (including phenoxy) is 1. The van der Waals surface area contributed by atoms with Crippen molar-refractivity contribution in [3.63, 3.8) is 0 Å². The second kappa shape index (κ2) is 5.25. The summed E-state index contributed by atoms with van der Waals surface area (Å²) in [7, 11) is 0. The van der Waals surface area contributed by atoms with Crippen LogP contribution in [0.25, 0.3) is 0 Å². The number of aryl methyl sites for hydroxylation is 2. The Morgan fingerprint density at radius 2 is 1.95 bits per heavy atom. The van der Waals surface area contributed by atoms with Crippen LogP contribution in [0.1, 0.15) is 36.1 Å². The first kappa shape index (κ1) is 13.1. The summed E-state index contributed by atoms with van der Waals surface area (Å²) in [6, 6.07) is 10.6. The second-order valence-electron chi connectivity index (χ2n) is 5.33. The monoisotopic (exact) mass is 271 g/mol. The molecule has 0 aliphatic heterocycles. The Balaban J connectivity index is 1.95. The summed E-state index contributed by atoms with van der Waals surface area (Å²) in [5.74, 6) is 0.540. The van der Waals surface area contributed by atoms with Gasteiger partial charge in [0.1, 0.15) is 5.75 Å². The number of halogens is 1. The Hall–Kier alpha value is -1.87. The number of nitrogens with two attached hydrogens (primary N) is 1. The number of hydrogen-bond acceptors (Lipinski definition) is 2. The van der Waals surface area contributed by atoms with Gasteiger partial charge in [0, 0.05) is 11.6 Å². The normalized spacial score (nSPS) is 14.9. The molecule has 1 atom stereocenters. The van der Waals surface area contributed by atoms with Gasteiger partial charge in [0.2, 0.25) is 0 Å². The molecule has 0 saturated heterocycles. The molecular weight excluding hydrogens is 253 g/mol. The zero-order valence-electron chi connectivity index (χ0n) is 11.5. The van der Waals surface area contributed by atoms with Crippen LogP contribution in [-0.2, 0) is 12.8 Å². The van der Waals surface area contributed by atoms with Crippen molar-refractivity contribution in [1.29, 1.82) is 0 Å². The SMILES string of the molecule is CC(N)c1cccc(F)c1Oc1ccc2c(c1)CCC2. The van der Waals surface area contributed by atoms with Crippen LogP contribution in [0.3, 0.4) is 0 Å². The van der Waals surface area contributed by atoms with Gasteiger partial charge in [0.25, 0.3) is 0 Å². The summed E-state index contributed by atoms with van der Waals surface area (Å²) in [5, 5.41) is 0. The molecule has 20 heavy (non-hydrogen) atoms. The minimum absolute atomic E-state index is 0.237. The predicted molar refractivity (Wildman–Crippen MR) is 77.5 cm³/mol. The molecule has 0 bridgehead atoms. The smallest absolute Gasteiger partial charge is 0.167 e. The van der Waals surface area contributed by atoms with Crippen LogP contribution >= 0.6 is 0 Å². The van der Waals surface area contributed by atoms with Gasteiger partial charge in [-0.3, -0.25) is 0 Å². The average molecular weight is 271 g/mol. The molecular formula is C17H18FNO. The molecule has 104 valence electrons. The highest BCUT2D eigenvalue weighted by Crippen LogP contribution is 2.33. The molecule has 0 heterocycles. The van der Waals surface area contributed by atoms with E-state index >= 15 is 0 Å². The standard InChI is InChI=1S/C17H18FNO/c1-11(19)15-6-3-7-16(18)17(15)20-14-9-8-12-4-2-5-13(12)10-14/h3,6-11H,2,4-5,19H2,1H3. The maximum atomic E-state index is 14.0. The van der Waals surface area contributed by atoms with Crippen molar-refractivity contribution in [1.82, 2.24) is 0 Å². The zero-order valence-corrected chi connectivity index (χ0v) is 11.5. The van der Waals surface area contributed by atoms with Gasteiger partial charge < -0.3 is 10.5 Å². The predicted octanol–water partition coefficient (Wildman–Crippen LogP) is 4.13. The van der Waals surface area contributed by atoms with E-state index in [4.69, 9.17) is 10.5 Å². The average Bonchev–Trinajstić information content (AvgIpc) is 2.88. The lowest BCUT2D eigenvalue weighted by Crippen LogP contribution is -2.07. The first-order valence-corrected chi connectivity index (χ1v) is 6.99. The summed E-state index contributed by atoms with van der Waals surface area (Å²) in [4.78, 5) is 0. The van der Waals surface area contributed by atoms with E-state index in [0.717, 1.165) is 12.8 Å². The van der Waals surface area contributed by atoms with Gasteiger partial charge in [-0.05, 0) is 55.5 Å². The highest BCUT2D eigenvalue weighted by molar-refractivity contribution is 5.44. The number of benzene rings is 2. The Morgan fingerprint density at radius 3 is 2.75 bits per heavy atom. The minimum Gasteiger partial charge on any atom is -0.454 e. The Morgan fingerprint density at radius 1 is 1.15 bits per heavy atom. The first-order valence-electron chi connectivity index (χ1n) is 6.99. The third-order valence-electron chi connectivity index (χ3n) is 3.78. The number of para-hydroxylation sites is 1. The van der Waals surface area contributed by atoms with Gasteiger partial charge in [0.15, 0.2) is 11.6 Å². The molecule has 2 nitrogen and oxygen atoms in total. The maximum absolute atomic E-state index is 14.0. The Bertz CT molecular complexity index is 637. The van der Waals surface area contributed by atoms with Crippen LogP contribution in [0.5, 0.6) is 11.5 Å². The fraction of sp³-hybridized carbons (Fsp3) is 0.294. The Kier molecular flexibility index (Phi) is 3.45. The topological polar surface area (TPSA) is 35.2 Å². The highest BCUT2D eigenvalue weighted by atomic mass is 19.1. The second-order valence-corrected chi connectivity index (χ2v) is 5.33. The van der Waals surface area contributed by atoms with Crippen LogP contribution in [0.15, 0.2) is 36.4 Å². The van der Waals surface area contributed by atoms with Crippen molar-refractivity contribution in [3.05, 3.63) is 58.9 Å². The quantitative estimate of drug-likeness (QED) is 0.911.